The normalized spacial score (nSPS) is 10.8. The summed E-state index contributed by atoms with van der Waals surface area (Å²) in [5, 5.41) is 0.674. The molecule has 0 aromatic heterocycles. The number of Topliss-reactive ketones (excluding diaryl/α,β-unsaturated/α-hetero) is 1. The van der Waals surface area contributed by atoms with Crippen LogP contribution in [0.2, 0.25) is 5.02 Å². The first-order valence-electron chi connectivity index (χ1n) is 8.41. The van der Waals surface area contributed by atoms with Gasteiger partial charge in [0.25, 0.3) is 0 Å². The lowest BCUT2D eigenvalue weighted by molar-refractivity contribution is 0.0975. The second-order valence-corrected chi connectivity index (χ2v) is 6.07. The molecule has 0 spiro atoms. The zero-order valence-electron chi connectivity index (χ0n) is 14.3. The van der Waals surface area contributed by atoms with Crippen LogP contribution in [0.5, 0.6) is 11.5 Å². The Balaban J connectivity index is 1.86. The van der Waals surface area contributed by atoms with Gasteiger partial charge in [-0.3, -0.25) is 4.79 Å². The first-order valence-corrected chi connectivity index (χ1v) is 8.79. The highest BCUT2D eigenvalue weighted by molar-refractivity contribution is 6.30. The molecule has 0 amide bonds. The van der Waals surface area contributed by atoms with Crippen LogP contribution in [-0.4, -0.2) is 30.3 Å². The fourth-order valence-corrected chi connectivity index (χ4v) is 2.62. The summed E-state index contributed by atoms with van der Waals surface area (Å²) in [5.74, 6) is 1.61. The minimum Gasteiger partial charge on any atom is -0.457 e. The molecule has 0 aliphatic rings. The third-order valence-corrected chi connectivity index (χ3v) is 4.25. The van der Waals surface area contributed by atoms with Crippen LogP contribution in [0.4, 0.5) is 0 Å². The Kier molecular flexibility index (Phi) is 7.29. The predicted octanol–water partition coefficient (Wildman–Crippen LogP) is 5.44. The number of hydrogen-bond donors (Lipinski definition) is 0. The van der Waals surface area contributed by atoms with Crippen LogP contribution in [0.25, 0.3) is 0 Å². The molecule has 0 heterocycles. The number of ether oxygens (including phenoxy) is 1. The Morgan fingerprint density at radius 3 is 2.04 bits per heavy atom. The second-order valence-electron chi connectivity index (χ2n) is 5.63. The number of ketones is 1. The van der Waals surface area contributed by atoms with Crippen molar-refractivity contribution in [1.29, 1.82) is 0 Å². The first kappa shape index (κ1) is 18.5. The van der Waals surface area contributed by atoms with Crippen LogP contribution >= 0.6 is 11.6 Å². The predicted molar refractivity (Wildman–Crippen MR) is 99.3 cm³/mol. The van der Waals surface area contributed by atoms with Crippen molar-refractivity contribution in [2.24, 2.45) is 0 Å². The van der Waals surface area contributed by atoms with Crippen LogP contribution in [0, 0.1) is 0 Å². The number of carbonyl (C=O) groups is 1. The molecule has 0 saturated carbocycles. The van der Waals surface area contributed by atoms with Crippen LogP contribution < -0.4 is 4.74 Å². The van der Waals surface area contributed by atoms with E-state index in [4.69, 9.17) is 16.3 Å². The van der Waals surface area contributed by atoms with E-state index in [1.807, 2.05) is 36.4 Å². The Hall–Kier alpha value is -1.84. The summed E-state index contributed by atoms with van der Waals surface area (Å²) in [6.45, 7) is 7.31. The minimum atomic E-state index is 0.181. The van der Waals surface area contributed by atoms with Crippen LogP contribution in [-0.2, 0) is 0 Å². The summed E-state index contributed by atoms with van der Waals surface area (Å²) >= 11 is 5.85. The van der Waals surface area contributed by atoms with Gasteiger partial charge in [-0.25, -0.2) is 0 Å². The highest BCUT2D eigenvalue weighted by Crippen LogP contribution is 2.23. The smallest absolute Gasteiger partial charge is 0.162 e. The van der Waals surface area contributed by atoms with Crippen molar-refractivity contribution in [2.45, 2.75) is 26.7 Å². The van der Waals surface area contributed by atoms with Gasteiger partial charge < -0.3 is 9.64 Å². The summed E-state index contributed by atoms with van der Waals surface area (Å²) < 4.78 is 5.73. The summed E-state index contributed by atoms with van der Waals surface area (Å²) in [6, 6.07) is 14.5. The Morgan fingerprint density at radius 1 is 0.958 bits per heavy atom. The Bertz CT molecular complexity index is 634. The van der Waals surface area contributed by atoms with Crippen molar-refractivity contribution < 1.29 is 9.53 Å². The lowest BCUT2D eigenvalue weighted by atomic mass is 10.1. The quantitative estimate of drug-likeness (QED) is 0.567. The third kappa shape index (κ3) is 5.66. The van der Waals surface area contributed by atoms with Crippen molar-refractivity contribution in [3.63, 3.8) is 0 Å². The number of benzene rings is 2. The average molecular weight is 346 g/mol. The summed E-state index contributed by atoms with van der Waals surface area (Å²) in [6.07, 6.45) is 1.47. The molecule has 2 aromatic carbocycles. The van der Waals surface area contributed by atoms with E-state index in [2.05, 4.69) is 18.7 Å². The number of nitrogens with zero attached hydrogens (tertiary/aromatic N) is 1. The Labute approximate surface area is 149 Å². The molecule has 0 atom stereocenters. The van der Waals surface area contributed by atoms with Crippen LogP contribution in [0.15, 0.2) is 48.5 Å². The maximum absolute atomic E-state index is 12.2. The van der Waals surface area contributed by atoms with Crippen molar-refractivity contribution >= 4 is 17.4 Å². The molecule has 0 unspecified atom stereocenters. The fraction of sp³-hybridized carbons (Fsp3) is 0.350. The van der Waals surface area contributed by atoms with Gasteiger partial charge in [0.05, 0.1) is 0 Å². The van der Waals surface area contributed by atoms with Crippen molar-refractivity contribution in [1.82, 2.24) is 4.90 Å². The lowest BCUT2D eigenvalue weighted by Gasteiger charge is -2.17. The summed E-state index contributed by atoms with van der Waals surface area (Å²) in [4.78, 5) is 14.6. The molecule has 2 aromatic rings. The highest BCUT2D eigenvalue weighted by atomic mass is 35.5. The SMILES string of the molecule is CCN(CC)CCCC(=O)c1ccc(Oc2ccc(Cl)cc2)cc1. The maximum Gasteiger partial charge on any atom is 0.162 e. The third-order valence-electron chi connectivity index (χ3n) is 4.00. The molecule has 2 rings (SSSR count). The van der Waals surface area contributed by atoms with Gasteiger partial charge in [-0.15, -0.1) is 0 Å². The molecular formula is C20H24ClNO2. The lowest BCUT2D eigenvalue weighted by Crippen LogP contribution is -2.24. The molecule has 0 saturated heterocycles. The molecular weight excluding hydrogens is 322 g/mol. The van der Waals surface area contributed by atoms with Gasteiger partial charge in [0, 0.05) is 17.0 Å². The average Bonchev–Trinajstić information content (AvgIpc) is 2.61. The maximum atomic E-state index is 12.2. The monoisotopic (exact) mass is 345 g/mol. The molecule has 0 fully saturated rings. The van der Waals surface area contributed by atoms with Gasteiger partial charge in [0.2, 0.25) is 0 Å². The zero-order chi connectivity index (χ0) is 17.4. The van der Waals surface area contributed by atoms with E-state index in [-0.39, 0.29) is 5.78 Å². The minimum absolute atomic E-state index is 0.181. The van der Waals surface area contributed by atoms with E-state index in [9.17, 15) is 4.79 Å². The first-order chi connectivity index (χ1) is 11.6. The molecule has 128 valence electrons. The highest BCUT2D eigenvalue weighted by Gasteiger charge is 2.07. The standard InChI is InChI=1S/C20H24ClNO2/c1-3-22(4-2)15-5-6-20(23)16-7-11-18(12-8-16)24-19-13-9-17(21)10-14-19/h7-14H,3-6,15H2,1-2H3. The molecule has 4 heteroatoms. The van der Waals surface area contributed by atoms with E-state index < -0.39 is 0 Å². The largest absolute Gasteiger partial charge is 0.457 e. The second kappa shape index (κ2) is 9.45. The summed E-state index contributed by atoms with van der Waals surface area (Å²) in [7, 11) is 0. The van der Waals surface area contributed by atoms with E-state index in [1.165, 1.54) is 0 Å². The fourth-order valence-electron chi connectivity index (χ4n) is 2.49. The van der Waals surface area contributed by atoms with Crippen molar-refractivity contribution in [3.05, 3.63) is 59.1 Å². The number of halogens is 1. The molecule has 0 aliphatic carbocycles. The number of hydrogen-bond acceptors (Lipinski definition) is 3. The van der Waals surface area contributed by atoms with Gasteiger partial charge in [-0.2, -0.15) is 0 Å². The molecule has 0 N–H and O–H groups in total. The van der Waals surface area contributed by atoms with Crippen LogP contribution in [0.1, 0.15) is 37.0 Å². The van der Waals surface area contributed by atoms with Crippen molar-refractivity contribution in [3.8, 4) is 11.5 Å². The molecule has 0 radical (unpaired) electrons. The van der Waals surface area contributed by atoms with Crippen LogP contribution in [0.3, 0.4) is 0 Å². The molecule has 24 heavy (non-hydrogen) atoms. The Morgan fingerprint density at radius 2 is 1.50 bits per heavy atom. The van der Waals surface area contributed by atoms with E-state index in [0.29, 0.717) is 17.2 Å². The topological polar surface area (TPSA) is 29.5 Å². The summed E-state index contributed by atoms with van der Waals surface area (Å²) in [5.41, 5.74) is 0.734. The number of carbonyl (C=O) groups excluding carboxylic acids is 1. The molecule has 0 aliphatic heterocycles. The van der Waals surface area contributed by atoms with Gasteiger partial charge in [0.1, 0.15) is 11.5 Å². The van der Waals surface area contributed by atoms with Gasteiger partial charge in [0.15, 0.2) is 5.78 Å². The van der Waals surface area contributed by atoms with E-state index >= 15 is 0 Å². The van der Waals surface area contributed by atoms with Gasteiger partial charge >= 0.3 is 0 Å². The number of rotatable bonds is 9. The van der Waals surface area contributed by atoms with E-state index in [1.54, 1.807) is 12.1 Å². The van der Waals surface area contributed by atoms with E-state index in [0.717, 1.165) is 37.4 Å². The molecule has 3 nitrogen and oxygen atoms in total. The van der Waals surface area contributed by atoms with Gasteiger partial charge in [-0.1, -0.05) is 25.4 Å². The molecule has 0 bridgehead atoms. The van der Waals surface area contributed by atoms with Gasteiger partial charge in [-0.05, 0) is 74.6 Å². The zero-order valence-corrected chi connectivity index (χ0v) is 15.1. The van der Waals surface area contributed by atoms with Crippen molar-refractivity contribution in [2.75, 3.05) is 19.6 Å².